The third-order valence-corrected chi connectivity index (χ3v) is 3.77. The molecule has 25 heavy (non-hydrogen) atoms. The molecule has 3 N–H and O–H groups in total. The van der Waals surface area contributed by atoms with Crippen molar-refractivity contribution in [3.05, 3.63) is 58.1 Å². The number of carboxylic acid groups (broad SMARTS) is 1. The average molecular weight is 423 g/mol. The fraction of sp³-hybridized carbons (Fsp3) is 0.118. The summed E-state index contributed by atoms with van der Waals surface area (Å²) in [6.07, 6.45) is 0. The Morgan fingerprint density at radius 3 is 2.68 bits per heavy atom. The number of nitrogens with one attached hydrogen (secondary N) is 2. The minimum Gasteiger partial charge on any atom is -0.484 e. The molecule has 2 aromatic carbocycles. The molecule has 0 radical (unpaired) electrons. The monoisotopic (exact) mass is 422 g/mol. The molecule has 0 aliphatic heterocycles. The van der Waals surface area contributed by atoms with Gasteiger partial charge in [-0.1, -0.05) is 28.1 Å². The van der Waals surface area contributed by atoms with Gasteiger partial charge in [-0.05, 0) is 55.0 Å². The number of carbonyl (C=O) groups excluding carboxylic acids is 1. The normalized spacial score (nSPS) is 10.0. The second kappa shape index (κ2) is 8.59. The van der Waals surface area contributed by atoms with Gasteiger partial charge in [0.05, 0.1) is 11.3 Å². The number of halogens is 1. The van der Waals surface area contributed by atoms with E-state index in [0.717, 1.165) is 5.56 Å². The number of hydrogen-bond donors (Lipinski definition) is 3. The molecule has 0 aliphatic carbocycles. The fourth-order valence-electron chi connectivity index (χ4n) is 1.97. The van der Waals surface area contributed by atoms with Crippen LogP contribution in [0.15, 0.2) is 46.9 Å². The van der Waals surface area contributed by atoms with E-state index >= 15 is 0 Å². The van der Waals surface area contributed by atoms with Crippen molar-refractivity contribution in [1.82, 2.24) is 5.32 Å². The van der Waals surface area contributed by atoms with E-state index in [9.17, 15) is 14.7 Å². The molecule has 0 aliphatic rings. The number of aromatic carboxylic acids is 1. The van der Waals surface area contributed by atoms with E-state index in [1.165, 1.54) is 6.07 Å². The highest BCUT2D eigenvalue weighted by molar-refractivity contribution is 9.10. The Bertz CT molecular complexity index is 826. The van der Waals surface area contributed by atoms with E-state index < -0.39 is 11.9 Å². The van der Waals surface area contributed by atoms with Crippen molar-refractivity contribution in [3.63, 3.8) is 0 Å². The van der Waals surface area contributed by atoms with Gasteiger partial charge in [-0.25, -0.2) is 4.79 Å². The molecule has 2 aromatic rings. The van der Waals surface area contributed by atoms with Crippen molar-refractivity contribution in [1.29, 1.82) is 0 Å². The minimum atomic E-state index is -1.11. The zero-order valence-electron chi connectivity index (χ0n) is 13.2. The molecule has 6 nitrogen and oxygen atoms in total. The first-order chi connectivity index (χ1) is 11.8. The van der Waals surface area contributed by atoms with Gasteiger partial charge >= 0.3 is 5.97 Å². The summed E-state index contributed by atoms with van der Waals surface area (Å²) in [5.74, 6) is -0.983. The van der Waals surface area contributed by atoms with Crippen LogP contribution in [0.4, 0.5) is 5.69 Å². The smallest absolute Gasteiger partial charge is 0.337 e. The Hall–Kier alpha value is -2.45. The molecule has 0 atom stereocenters. The summed E-state index contributed by atoms with van der Waals surface area (Å²) in [5.41, 5.74) is 1.33. The third-order valence-electron chi connectivity index (χ3n) is 3.07. The number of anilines is 1. The number of amides is 1. The van der Waals surface area contributed by atoms with Crippen LogP contribution >= 0.6 is 28.1 Å². The summed E-state index contributed by atoms with van der Waals surface area (Å²) < 4.78 is 6.00. The Morgan fingerprint density at radius 2 is 2.00 bits per heavy atom. The van der Waals surface area contributed by atoms with Crippen LogP contribution in [0.1, 0.15) is 15.9 Å². The van der Waals surface area contributed by atoms with Gasteiger partial charge in [-0.2, -0.15) is 0 Å². The Balaban J connectivity index is 1.92. The molecule has 0 saturated heterocycles. The van der Waals surface area contributed by atoms with Crippen molar-refractivity contribution >= 4 is 50.8 Å². The van der Waals surface area contributed by atoms with Crippen molar-refractivity contribution in [2.45, 2.75) is 6.92 Å². The summed E-state index contributed by atoms with van der Waals surface area (Å²) >= 11 is 8.25. The Morgan fingerprint density at radius 1 is 1.24 bits per heavy atom. The average Bonchev–Trinajstić information content (AvgIpc) is 2.54. The number of hydrogen-bond acceptors (Lipinski definition) is 4. The maximum absolute atomic E-state index is 11.9. The zero-order valence-corrected chi connectivity index (χ0v) is 15.6. The molecule has 1 amide bonds. The molecule has 0 aromatic heterocycles. The number of ether oxygens (including phenoxy) is 1. The SMILES string of the molecule is Cc1cccc(OCC(=O)NC(=S)Nc2ccc(Br)cc2C(=O)O)c1. The molecule has 0 bridgehead atoms. The van der Waals surface area contributed by atoms with Gasteiger partial charge in [0.2, 0.25) is 0 Å². The van der Waals surface area contributed by atoms with Gasteiger partial charge in [-0.15, -0.1) is 0 Å². The van der Waals surface area contributed by atoms with Gasteiger partial charge in [-0.3, -0.25) is 10.1 Å². The maximum Gasteiger partial charge on any atom is 0.337 e. The van der Waals surface area contributed by atoms with Gasteiger partial charge in [0.1, 0.15) is 5.75 Å². The van der Waals surface area contributed by atoms with Crippen LogP contribution in [0.2, 0.25) is 0 Å². The van der Waals surface area contributed by atoms with Crippen LogP contribution in [0.5, 0.6) is 5.75 Å². The van der Waals surface area contributed by atoms with Crippen LogP contribution in [0, 0.1) is 6.92 Å². The number of carbonyl (C=O) groups is 2. The first kappa shape index (κ1) is 18.9. The van der Waals surface area contributed by atoms with E-state index in [1.807, 2.05) is 25.1 Å². The lowest BCUT2D eigenvalue weighted by Gasteiger charge is -2.12. The largest absolute Gasteiger partial charge is 0.484 e. The summed E-state index contributed by atoms with van der Waals surface area (Å²) in [5, 5.41) is 14.3. The fourth-order valence-corrected chi connectivity index (χ4v) is 2.56. The van der Waals surface area contributed by atoms with Crippen LogP contribution in [-0.4, -0.2) is 28.7 Å². The van der Waals surface area contributed by atoms with Crippen molar-refractivity contribution in [2.75, 3.05) is 11.9 Å². The Kier molecular flexibility index (Phi) is 6.49. The standard InChI is InChI=1S/C17H15BrN2O4S/c1-10-3-2-4-12(7-10)24-9-15(21)20-17(25)19-14-6-5-11(18)8-13(14)16(22)23/h2-8H,9H2,1H3,(H,22,23)(H2,19,20,21,25). The highest BCUT2D eigenvalue weighted by Gasteiger charge is 2.13. The Labute approximate surface area is 158 Å². The lowest BCUT2D eigenvalue weighted by molar-refractivity contribution is -0.121. The number of carboxylic acids is 1. The molecule has 0 heterocycles. The van der Waals surface area contributed by atoms with Gasteiger partial charge in [0.15, 0.2) is 11.7 Å². The van der Waals surface area contributed by atoms with Gasteiger partial charge in [0, 0.05) is 4.47 Å². The zero-order chi connectivity index (χ0) is 18.4. The van der Waals surface area contributed by atoms with E-state index in [2.05, 4.69) is 26.6 Å². The molecule has 0 fully saturated rings. The predicted molar refractivity (Wildman–Crippen MR) is 102 cm³/mol. The second-order valence-corrected chi connectivity index (χ2v) is 6.43. The molecular weight excluding hydrogens is 408 g/mol. The second-order valence-electron chi connectivity index (χ2n) is 5.10. The predicted octanol–water partition coefficient (Wildman–Crippen LogP) is 3.35. The topological polar surface area (TPSA) is 87.7 Å². The van der Waals surface area contributed by atoms with Crippen LogP contribution < -0.4 is 15.4 Å². The lowest BCUT2D eigenvalue weighted by Crippen LogP contribution is -2.37. The first-order valence-corrected chi connectivity index (χ1v) is 8.38. The summed E-state index contributed by atoms with van der Waals surface area (Å²) in [6, 6.07) is 12.0. The molecule has 2 rings (SSSR count). The van der Waals surface area contributed by atoms with Crippen molar-refractivity contribution < 1.29 is 19.4 Å². The number of rotatable bonds is 5. The van der Waals surface area contributed by atoms with Gasteiger partial charge < -0.3 is 15.2 Å². The summed E-state index contributed by atoms with van der Waals surface area (Å²) in [7, 11) is 0. The van der Waals surface area contributed by atoms with E-state index in [1.54, 1.807) is 18.2 Å². The molecule has 130 valence electrons. The summed E-state index contributed by atoms with van der Waals surface area (Å²) in [6.45, 7) is 1.71. The first-order valence-electron chi connectivity index (χ1n) is 7.18. The minimum absolute atomic E-state index is 0.0114. The van der Waals surface area contributed by atoms with E-state index in [0.29, 0.717) is 10.2 Å². The van der Waals surface area contributed by atoms with Crippen molar-refractivity contribution in [2.24, 2.45) is 0 Å². The molecule has 0 spiro atoms. The highest BCUT2D eigenvalue weighted by Crippen LogP contribution is 2.21. The number of aryl methyl sites for hydroxylation is 1. The van der Waals surface area contributed by atoms with Crippen LogP contribution in [0.25, 0.3) is 0 Å². The van der Waals surface area contributed by atoms with Crippen LogP contribution in [-0.2, 0) is 4.79 Å². The maximum atomic E-state index is 11.9. The van der Waals surface area contributed by atoms with Crippen LogP contribution in [0.3, 0.4) is 0 Å². The highest BCUT2D eigenvalue weighted by atomic mass is 79.9. The molecule has 0 saturated carbocycles. The van der Waals surface area contributed by atoms with E-state index in [-0.39, 0.29) is 23.0 Å². The molecule has 8 heteroatoms. The van der Waals surface area contributed by atoms with Crippen molar-refractivity contribution in [3.8, 4) is 5.75 Å². The molecular formula is C17H15BrN2O4S. The number of benzene rings is 2. The quantitative estimate of drug-likeness (QED) is 0.640. The summed E-state index contributed by atoms with van der Waals surface area (Å²) in [4.78, 5) is 23.1. The van der Waals surface area contributed by atoms with E-state index in [4.69, 9.17) is 17.0 Å². The lowest BCUT2D eigenvalue weighted by atomic mass is 10.2. The third kappa shape index (κ3) is 5.84. The molecule has 0 unspecified atom stereocenters. The van der Waals surface area contributed by atoms with Gasteiger partial charge in [0.25, 0.3) is 5.91 Å². The number of thiocarbonyl (C=S) groups is 1.